The monoisotopic (exact) mass is 292 g/mol. The second-order valence-corrected chi connectivity index (χ2v) is 5.23. The normalized spacial score (nSPS) is 11.1. The Morgan fingerprint density at radius 2 is 1.64 bits per heavy atom. The third kappa shape index (κ3) is 4.19. The molecule has 0 bridgehead atoms. The molecule has 2 aromatic rings. The highest BCUT2D eigenvalue weighted by Crippen LogP contribution is 2.23. The van der Waals surface area contributed by atoms with Crippen molar-refractivity contribution in [1.29, 1.82) is 0 Å². The molecule has 0 N–H and O–H groups in total. The minimum Gasteiger partial charge on any atom is -0.458 e. The number of benzene rings is 2. The van der Waals surface area contributed by atoms with Crippen molar-refractivity contribution in [2.75, 3.05) is 6.61 Å². The molecule has 0 saturated heterocycles. The van der Waals surface area contributed by atoms with Crippen molar-refractivity contribution in [1.82, 2.24) is 0 Å². The molecule has 0 radical (unpaired) electrons. The number of hydrogen-bond donors (Lipinski definition) is 0. The van der Waals surface area contributed by atoms with Crippen LogP contribution < -0.4 is 0 Å². The highest BCUT2D eigenvalue weighted by molar-refractivity contribution is 5.87. The van der Waals surface area contributed by atoms with Gasteiger partial charge in [0.05, 0.1) is 0 Å². The Labute approximate surface area is 131 Å². The van der Waals surface area contributed by atoms with Gasteiger partial charge in [-0.15, -0.1) is 0 Å². The van der Waals surface area contributed by atoms with E-state index < -0.39 is 0 Å². The Bertz CT molecular complexity index is 679. The lowest BCUT2D eigenvalue weighted by Gasteiger charge is -2.10. The van der Waals surface area contributed by atoms with E-state index in [4.69, 9.17) is 4.74 Å². The van der Waals surface area contributed by atoms with Gasteiger partial charge in [0.2, 0.25) is 0 Å². The lowest BCUT2D eigenvalue weighted by molar-refractivity contribution is -0.137. The Hall–Kier alpha value is -2.61. The smallest absolute Gasteiger partial charge is 0.333 e. The minimum absolute atomic E-state index is 0.226. The second-order valence-electron chi connectivity index (χ2n) is 5.23. The van der Waals surface area contributed by atoms with Gasteiger partial charge in [0.15, 0.2) is 0 Å². The molecule has 2 rings (SSSR count). The van der Waals surface area contributed by atoms with Crippen LogP contribution in [0.4, 0.5) is 0 Å². The SMILES string of the molecule is C=C(C)C(=O)OCC=C(c1ccccc1)c1ccc(C)cc1. The minimum atomic E-state index is -0.368. The zero-order valence-electron chi connectivity index (χ0n) is 13.0. The van der Waals surface area contributed by atoms with Crippen molar-refractivity contribution in [3.05, 3.63) is 89.5 Å². The van der Waals surface area contributed by atoms with Gasteiger partial charge >= 0.3 is 5.97 Å². The van der Waals surface area contributed by atoms with Crippen LogP contribution in [0.1, 0.15) is 23.6 Å². The fourth-order valence-corrected chi connectivity index (χ4v) is 2.08. The van der Waals surface area contributed by atoms with E-state index in [0.29, 0.717) is 5.57 Å². The van der Waals surface area contributed by atoms with Gasteiger partial charge in [-0.05, 0) is 36.6 Å². The Morgan fingerprint density at radius 1 is 1.05 bits per heavy atom. The molecular formula is C20H20O2. The van der Waals surface area contributed by atoms with E-state index in [0.717, 1.165) is 16.7 Å². The lowest BCUT2D eigenvalue weighted by atomic mass is 9.97. The summed E-state index contributed by atoms with van der Waals surface area (Å²) in [5, 5.41) is 0. The van der Waals surface area contributed by atoms with Crippen molar-refractivity contribution in [2.45, 2.75) is 13.8 Å². The van der Waals surface area contributed by atoms with Gasteiger partial charge in [0.1, 0.15) is 6.61 Å². The Kier molecular flexibility index (Phi) is 5.31. The number of carbonyl (C=O) groups excluding carboxylic acids is 1. The van der Waals surface area contributed by atoms with Crippen LogP contribution in [0.2, 0.25) is 0 Å². The predicted molar refractivity (Wildman–Crippen MR) is 90.5 cm³/mol. The maximum absolute atomic E-state index is 11.5. The van der Waals surface area contributed by atoms with Crippen LogP contribution in [0.15, 0.2) is 72.8 Å². The molecule has 0 amide bonds. The molecular weight excluding hydrogens is 272 g/mol. The molecule has 2 nitrogen and oxygen atoms in total. The summed E-state index contributed by atoms with van der Waals surface area (Å²) in [5.41, 5.74) is 4.87. The first-order valence-corrected chi connectivity index (χ1v) is 7.23. The summed E-state index contributed by atoms with van der Waals surface area (Å²) >= 11 is 0. The van der Waals surface area contributed by atoms with Gasteiger partial charge in [-0.2, -0.15) is 0 Å². The van der Waals surface area contributed by atoms with Crippen molar-refractivity contribution >= 4 is 11.5 Å². The van der Waals surface area contributed by atoms with Gasteiger partial charge in [-0.1, -0.05) is 66.7 Å². The molecule has 0 fully saturated rings. The standard InChI is InChI=1S/C20H20O2/c1-15(2)20(21)22-14-13-19(17-7-5-4-6-8-17)18-11-9-16(3)10-12-18/h4-13H,1,14H2,2-3H3. The summed E-state index contributed by atoms with van der Waals surface area (Å²) < 4.78 is 5.19. The first-order chi connectivity index (χ1) is 10.6. The number of ether oxygens (including phenoxy) is 1. The van der Waals surface area contributed by atoms with E-state index in [1.165, 1.54) is 5.56 Å². The molecule has 0 heterocycles. The summed E-state index contributed by atoms with van der Waals surface area (Å²) in [6.45, 7) is 7.51. The van der Waals surface area contributed by atoms with Crippen LogP contribution in [0.3, 0.4) is 0 Å². The Balaban J connectivity index is 2.28. The molecule has 112 valence electrons. The van der Waals surface area contributed by atoms with Gasteiger partial charge in [-0.3, -0.25) is 0 Å². The van der Waals surface area contributed by atoms with Gasteiger partial charge < -0.3 is 4.74 Å². The Morgan fingerprint density at radius 3 is 2.23 bits per heavy atom. The quantitative estimate of drug-likeness (QED) is 0.597. The average Bonchev–Trinajstić information content (AvgIpc) is 2.53. The number of esters is 1. The van der Waals surface area contributed by atoms with Crippen molar-refractivity contribution < 1.29 is 9.53 Å². The molecule has 2 aromatic carbocycles. The summed E-state index contributed by atoms with van der Waals surface area (Å²) in [4.78, 5) is 11.5. The number of carbonyl (C=O) groups is 1. The molecule has 0 atom stereocenters. The van der Waals surface area contributed by atoms with E-state index in [1.807, 2.05) is 36.4 Å². The zero-order valence-corrected chi connectivity index (χ0v) is 13.0. The third-order valence-corrected chi connectivity index (χ3v) is 3.30. The van der Waals surface area contributed by atoms with Gasteiger partial charge in [-0.25, -0.2) is 4.79 Å². The summed E-state index contributed by atoms with van der Waals surface area (Å²) in [6.07, 6.45) is 1.93. The maximum Gasteiger partial charge on any atom is 0.333 e. The first-order valence-electron chi connectivity index (χ1n) is 7.23. The van der Waals surface area contributed by atoms with Crippen molar-refractivity contribution in [3.8, 4) is 0 Å². The highest BCUT2D eigenvalue weighted by Gasteiger charge is 2.06. The first kappa shape index (κ1) is 15.8. The summed E-state index contributed by atoms with van der Waals surface area (Å²) in [7, 11) is 0. The van der Waals surface area contributed by atoms with Crippen molar-refractivity contribution in [2.24, 2.45) is 0 Å². The molecule has 0 aromatic heterocycles. The van der Waals surface area contributed by atoms with E-state index >= 15 is 0 Å². The largest absolute Gasteiger partial charge is 0.458 e. The van der Waals surface area contributed by atoms with Crippen LogP contribution in [0, 0.1) is 6.92 Å². The highest BCUT2D eigenvalue weighted by atomic mass is 16.5. The van der Waals surface area contributed by atoms with Crippen LogP contribution in [0.5, 0.6) is 0 Å². The fourth-order valence-electron chi connectivity index (χ4n) is 2.08. The number of rotatable bonds is 5. The molecule has 0 spiro atoms. The molecule has 22 heavy (non-hydrogen) atoms. The van der Waals surface area contributed by atoms with Crippen molar-refractivity contribution in [3.63, 3.8) is 0 Å². The van der Waals surface area contributed by atoms with Crippen LogP contribution in [-0.2, 0) is 9.53 Å². The number of aryl methyl sites for hydroxylation is 1. The molecule has 0 aliphatic carbocycles. The second kappa shape index (κ2) is 7.41. The summed E-state index contributed by atoms with van der Waals surface area (Å²) in [5.74, 6) is -0.368. The van der Waals surface area contributed by atoms with Crippen LogP contribution in [0.25, 0.3) is 5.57 Å². The molecule has 2 heteroatoms. The average molecular weight is 292 g/mol. The van der Waals surface area contributed by atoms with E-state index in [2.05, 4.69) is 37.8 Å². The van der Waals surface area contributed by atoms with E-state index in [1.54, 1.807) is 6.92 Å². The molecule has 0 saturated carbocycles. The molecule has 0 unspecified atom stereocenters. The fraction of sp³-hybridized carbons (Fsp3) is 0.150. The molecule has 0 aliphatic heterocycles. The van der Waals surface area contributed by atoms with Gasteiger partial charge in [0.25, 0.3) is 0 Å². The number of hydrogen-bond acceptors (Lipinski definition) is 2. The summed E-state index contributed by atoms with van der Waals surface area (Å²) in [6, 6.07) is 18.4. The zero-order chi connectivity index (χ0) is 15.9. The third-order valence-electron chi connectivity index (χ3n) is 3.30. The van der Waals surface area contributed by atoms with Crippen LogP contribution >= 0.6 is 0 Å². The van der Waals surface area contributed by atoms with Crippen LogP contribution in [-0.4, -0.2) is 12.6 Å². The molecule has 0 aliphatic rings. The van der Waals surface area contributed by atoms with Gasteiger partial charge in [0, 0.05) is 5.57 Å². The maximum atomic E-state index is 11.5. The predicted octanol–water partition coefficient (Wildman–Crippen LogP) is 4.55. The lowest BCUT2D eigenvalue weighted by Crippen LogP contribution is -2.05. The topological polar surface area (TPSA) is 26.3 Å². The van der Waals surface area contributed by atoms with E-state index in [9.17, 15) is 4.79 Å². The van der Waals surface area contributed by atoms with E-state index in [-0.39, 0.29) is 12.6 Å².